The monoisotopic (exact) mass is 249 g/mol. The minimum atomic E-state index is -0.754. The van der Waals surface area contributed by atoms with Crippen LogP contribution in [0.3, 0.4) is 0 Å². The van der Waals surface area contributed by atoms with Crippen molar-refractivity contribution in [3.8, 4) is 6.07 Å². The van der Waals surface area contributed by atoms with Crippen molar-refractivity contribution in [2.75, 3.05) is 18.5 Å². The summed E-state index contributed by atoms with van der Waals surface area (Å²) in [6.07, 6.45) is 2.02. The summed E-state index contributed by atoms with van der Waals surface area (Å²) in [5.74, 6) is -0.227. The SMILES string of the molecule is CCC(N)(C#N)CCCN(C)c1ccccc1F. The van der Waals surface area contributed by atoms with Crippen LogP contribution < -0.4 is 10.6 Å². The highest BCUT2D eigenvalue weighted by atomic mass is 19.1. The molecular formula is C14H20FN3. The van der Waals surface area contributed by atoms with E-state index in [9.17, 15) is 4.39 Å². The fourth-order valence-electron chi connectivity index (χ4n) is 1.83. The second kappa shape index (κ2) is 6.36. The number of nitriles is 1. The Morgan fingerprint density at radius 3 is 2.67 bits per heavy atom. The van der Waals surface area contributed by atoms with E-state index in [1.807, 2.05) is 24.9 Å². The fourth-order valence-corrected chi connectivity index (χ4v) is 1.83. The van der Waals surface area contributed by atoms with Crippen LogP contribution in [-0.2, 0) is 0 Å². The van der Waals surface area contributed by atoms with E-state index < -0.39 is 5.54 Å². The zero-order valence-corrected chi connectivity index (χ0v) is 11.0. The van der Waals surface area contributed by atoms with E-state index in [2.05, 4.69) is 6.07 Å². The van der Waals surface area contributed by atoms with Crippen LogP contribution in [0, 0.1) is 17.1 Å². The Balaban J connectivity index is 2.51. The number of rotatable bonds is 6. The van der Waals surface area contributed by atoms with Crippen molar-refractivity contribution in [1.82, 2.24) is 0 Å². The normalized spacial score (nSPS) is 13.7. The Morgan fingerprint density at radius 1 is 1.44 bits per heavy atom. The summed E-state index contributed by atoms with van der Waals surface area (Å²) in [5.41, 5.74) is 5.72. The van der Waals surface area contributed by atoms with Gasteiger partial charge in [-0.2, -0.15) is 5.26 Å². The molecule has 1 aromatic rings. The Kier molecular flexibility index (Phi) is 5.11. The fraction of sp³-hybridized carbons (Fsp3) is 0.500. The smallest absolute Gasteiger partial charge is 0.146 e. The molecule has 4 heteroatoms. The molecule has 0 aromatic heterocycles. The van der Waals surface area contributed by atoms with E-state index in [1.54, 1.807) is 12.1 Å². The molecule has 2 N–H and O–H groups in total. The number of hydrogen-bond acceptors (Lipinski definition) is 3. The van der Waals surface area contributed by atoms with Gasteiger partial charge >= 0.3 is 0 Å². The zero-order chi connectivity index (χ0) is 13.6. The van der Waals surface area contributed by atoms with E-state index >= 15 is 0 Å². The van der Waals surface area contributed by atoms with Gasteiger partial charge in [-0.3, -0.25) is 0 Å². The molecule has 3 nitrogen and oxygen atoms in total. The van der Waals surface area contributed by atoms with Gasteiger partial charge in [0.1, 0.15) is 11.4 Å². The van der Waals surface area contributed by atoms with Crippen LogP contribution in [0.4, 0.5) is 10.1 Å². The van der Waals surface area contributed by atoms with Crippen molar-refractivity contribution < 1.29 is 4.39 Å². The molecule has 0 bridgehead atoms. The molecule has 0 saturated carbocycles. The molecule has 0 aliphatic carbocycles. The second-order valence-electron chi connectivity index (χ2n) is 4.60. The second-order valence-corrected chi connectivity index (χ2v) is 4.60. The van der Waals surface area contributed by atoms with Crippen LogP contribution in [-0.4, -0.2) is 19.1 Å². The molecule has 0 amide bonds. The number of hydrogen-bond donors (Lipinski definition) is 1. The molecule has 0 fully saturated rings. The van der Waals surface area contributed by atoms with E-state index in [1.165, 1.54) is 6.07 Å². The van der Waals surface area contributed by atoms with Crippen LogP contribution in [0.2, 0.25) is 0 Å². The predicted octanol–water partition coefficient (Wildman–Crippen LogP) is 2.67. The van der Waals surface area contributed by atoms with Crippen molar-refractivity contribution >= 4 is 5.69 Å². The van der Waals surface area contributed by atoms with Crippen molar-refractivity contribution in [2.45, 2.75) is 31.7 Å². The maximum Gasteiger partial charge on any atom is 0.146 e. The molecular weight excluding hydrogens is 229 g/mol. The van der Waals surface area contributed by atoms with Gasteiger partial charge in [-0.25, -0.2) is 4.39 Å². The lowest BCUT2D eigenvalue weighted by Crippen LogP contribution is -2.38. The van der Waals surface area contributed by atoms with E-state index in [-0.39, 0.29) is 5.82 Å². The minimum Gasteiger partial charge on any atom is -0.372 e. The summed E-state index contributed by atoms with van der Waals surface area (Å²) in [6, 6.07) is 8.81. The standard InChI is InChI=1S/C14H20FN3/c1-3-14(17,11-16)9-6-10-18(2)13-8-5-4-7-12(13)15/h4-5,7-8H,3,6,9-10,17H2,1-2H3. The molecule has 0 heterocycles. The van der Waals surface area contributed by atoms with Crippen LogP contribution in [0.25, 0.3) is 0 Å². The highest BCUT2D eigenvalue weighted by molar-refractivity contribution is 5.46. The Labute approximate surface area is 108 Å². The molecule has 98 valence electrons. The largest absolute Gasteiger partial charge is 0.372 e. The number of anilines is 1. The molecule has 0 spiro atoms. The van der Waals surface area contributed by atoms with Crippen molar-refractivity contribution in [3.63, 3.8) is 0 Å². The maximum absolute atomic E-state index is 13.5. The van der Waals surface area contributed by atoms with Gasteiger partial charge in [-0.05, 0) is 31.4 Å². The van der Waals surface area contributed by atoms with Gasteiger partial charge in [-0.15, -0.1) is 0 Å². The highest BCUT2D eigenvalue weighted by Crippen LogP contribution is 2.19. The molecule has 1 atom stereocenters. The molecule has 0 saturated heterocycles. The summed E-state index contributed by atoms with van der Waals surface area (Å²) in [4.78, 5) is 1.85. The van der Waals surface area contributed by atoms with Gasteiger partial charge in [0, 0.05) is 13.6 Å². The van der Waals surface area contributed by atoms with Crippen LogP contribution >= 0.6 is 0 Å². The predicted molar refractivity (Wildman–Crippen MR) is 71.7 cm³/mol. The molecule has 0 radical (unpaired) electrons. The van der Waals surface area contributed by atoms with Crippen LogP contribution in [0.5, 0.6) is 0 Å². The summed E-state index contributed by atoms with van der Waals surface area (Å²) in [7, 11) is 1.84. The van der Waals surface area contributed by atoms with Crippen molar-refractivity contribution in [2.24, 2.45) is 5.73 Å². The highest BCUT2D eigenvalue weighted by Gasteiger charge is 2.21. The van der Waals surface area contributed by atoms with Gasteiger partial charge in [0.2, 0.25) is 0 Å². The lowest BCUT2D eigenvalue weighted by Gasteiger charge is -2.23. The van der Waals surface area contributed by atoms with E-state index in [0.29, 0.717) is 25.1 Å². The average Bonchev–Trinajstić information content (AvgIpc) is 2.39. The van der Waals surface area contributed by atoms with Gasteiger partial charge in [0.25, 0.3) is 0 Å². The van der Waals surface area contributed by atoms with Crippen LogP contribution in [0.1, 0.15) is 26.2 Å². The van der Waals surface area contributed by atoms with Crippen LogP contribution in [0.15, 0.2) is 24.3 Å². The maximum atomic E-state index is 13.5. The lowest BCUT2D eigenvalue weighted by atomic mass is 9.93. The third-order valence-electron chi connectivity index (χ3n) is 3.23. The zero-order valence-electron chi connectivity index (χ0n) is 11.0. The first-order valence-electron chi connectivity index (χ1n) is 6.18. The molecule has 1 unspecified atom stereocenters. The lowest BCUT2D eigenvalue weighted by molar-refractivity contribution is 0.466. The Hall–Kier alpha value is -1.60. The Bertz CT molecular complexity index is 427. The van der Waals surface area contributed by atoms with Gasteiger partial charge in [0.15, 0.2) is 0 Å². The molecule has 18 heavy (non-hydrogen) atoms. The number of halogens is 1. The van der Waals surface area contributed by atoms with Gasteiger partial charge in [-0.1, -0.05) is 19.1 Å². The van der Waals surface area contributed by atoms with Gasteiger partial charge in [0.05, 0.1) is 11.8 Å². The third kappa shape index (κ3) is 3.71. The Morgan fingerprint density at radius 2 is 2.11 bits per heavy atom. The topological polar surface area (TPSA) is 53.1 Å². The third-order valence-corrected chi connectivity index (χ3v) is 3.23. The summed E-state index contributed by atoms with van der Waals surface area (Å²) in [6.45, 7) is 2.59. The number of nitrogens with two attached hydrogens (primary N) is 1. The van der Waals surface area contributed by atoms with Crippen molar-refractivity contribution in [1.29, 1.82) is 5.26 Å². The van der Waals surface area contributed by atoms with Gasteiger partial charge < -0.3 is 10.6 Å². The molecule has 0 aliphatic heterocycles. The number of nitrogens with zero attached hydrogens (tertiary/aromatic N) is 2. The molecule has 1 rings (SSSR count). The number of benzene rings is 1. The first-order valence-corrected chi connectivity index (χ1v) is 6.18. The minimum absolute atomic E-state index is 0.227. The molecule has 0 aliphatic rings. The number of para-hydroxylation sites is 1. The summed E-state index contributed by atoms with van der Waals surface area (Å²) in [5, 5.41) is 8.96. The first-order chi connectivity index (χ1) is 8.52. The van der Waals surface area contributed by atoms with E-state index in [4.69, 9.17) is 11.0 Å². The molecule has 1 aromatic carbocycles. The quantitative estimate of drug-likeness (QED) is 0.843. The van der Waals surface area contributed by atoms with E-state index in [0.717, 1.165) is 6.42 Å². The summed E-state index contributed by atoms with van der Waals surface area (Å²) >= 11 is 0. The first kappa shape index (κ1) is 14.5. The van der Waals surface area contributed by atoms with Crippen molar-refractivity contribution in [3.05, 3.63) is 30.1 Å². The summed E-state index contributed by atoms with van der Waals surface area (Å²) < 4.78 is 13.5. The average molecular weight is 249 g/mol.